The van der Waals surface area contributed by atoms with E-state index < -0.39 is 0 Å². The normalized spacial score (nSPS) is 26.9. The number of nitrogens with one attached hydrogen (secondary N) is 1. The van der Waals surface area contributed by atoms with Gasteiger partial charge in [-0.25, -0.2) is 4.39 Å². The van der Waals surface area contributed by atoms with Gasteiger partial charge in [-0.1, -0.05) is 32.4 Å². The first-order valence-corrected chi connectivity index (χ1v) is 6.97. The van der Waals surface area contributed by atoms with Crippen molar-refractivity contribution in [2.45, 2.75) is 46.1 Å². The average molecular weight is 270 g/mol. The summed E-state index contributed by atoms with van der Waals surface area (Å²) in [5, 5.41) is 3.67. The van der Waals surface area contributed by atoms with Crippen molar-refractivity contribution in [2.24, 2.45) is 11.3 Å². The molecule has 0 heterocycles. The molecule has 1 saturated carbocycles. The van der Waals surface area contributed by atoms with Crippen LogP contribution in [-0.4, -0.2) is 6.04 Å². The fourth-order valence-electron chi connectivity index (χ4n) is 2.96. The molecule has 100 valence electrons. The highest BCUT2D eigenvalue weighted by atomic mass is 35.5. The van der Waals surface area contributed by atoms with Crippen molar-refractivity contribution in [3.8, 4) is 0 Å². The van der Waals surface area contributed by atoms with E-state index in [1.165, 1.54) is 18.9 Å². The molecule has 0 radical (unpaired) electrons. The molecule has 0 aromatic heterocycles. The van der Waals surface area contributed by atoms with Gasteiger partial charge in [0, 0.05) is 11.7 Å². The summed E-state index contributed by atoms with van der Waals surface area (Å²) >= 11 is 5.80. The van der Waals surface area contributed by atoms with Crippen LogP contribution in [0.5, 0.6) is 0 Å². The molecule has 1 aliphatic rings. The Labute approximate surface area is 114 Å². The standard InChI is InChI=1S/C15H21ClFN/c1-10-9-15(2,3)7-6-14(10)18-11-4-5-13(17)12(16)8-11/h4-5,8,10,14,18H,6-7,9H2,1-3H3. The second-order valence-corrected chi connectivity index (χ2v) is 6.67. The van der Waals surface area contributed by atoms with E-state index in [-0.39, 0.29) is 10.8 Å². The van der Waals surface area contributed by atoms with Gasteiger partial charge in [-0.15, -0.1) is 0 Å². The van der Waals surface area contributed by atoms with Crippen LogP contribution in [0.1, 0.15) is 40.0 Å². The smallest absolute Gasteiger partial charge is 0.141 e. The fraction of sp³-hybridized carbons (Fsp3) is 0.600. The molecule has 1 fully saturated rings. The Balaban J connectivity index is 2.03. The van der Waals surface area contributed by atoms with Gasteiger partial charge in [-0.05, 0) is 48.8 Å². The molecule has 1 nitrogen and oxygen atoms in total. The molecule has 18 heavy (non-hydrogen) atoms. The van der Waals surface area contributed by atoms with Crippen LogP contribution in [0.15, 0.2) is 18.2 Å². The zero-order chi connectivity index (χ0) is 13.3. The summed E-state index contributed by atoms with van der Waals surface area (Å²) in [6.45, 7) is 6.94. The molecular formula is C15H21ClFN. The van der Waals surface area contributed by atoms with Crippen LogP contribution < -0.4 is 5.32 Å². The van der Waals surface area contributed by atoms with E-state index in [1.54, 1.807) is 12.1 Å². The molecular weight excluding hydrogens is 249 g/mol. The first-order valence-electron chi connectivity index (χ1n) is 6.59. The van der Waals surface area contributed by atoms with Crippen LogP contribution in [0.25, 0.3) is 0 Å². The summed E-state index contributed by atoms with van der Waals surface area (Å²) in [6, 6.07) is 5.30. The molecule has 0 amide bonds. The van der Waals surface area contributed by atoms with E-state index in [4.69, 9.17) is 11.6 Å². The second kappa shape index (κ2) is 5.08. The number of hydrogen-bond acceptors (Lipinski definition) is 1. The Morgan fingerprint density at radius 3 is 2.72 bits per heavy atom. The van der Waals surface area contributed by atoms with Gasteiger partial charge in [0.2, 0.25) is 0 Å². The van der Waals surface area contributed by atoms with Crippen LogP contribution in [0.4, 0.5) is 10.1 Å². The number of halogens is 2. The minimum absolute atomic E-state index is 0.184. The first kappa shape index (κ1) is 13.7. The predicted octanol–water partition coefficient (Wildman–Crippen LogP) is 5.11. The van der Waals surface area contributed by atoms with Gasteiger partial charge in [0.1, 0.15) is 5.82 Å². The number of anilines is 1. The minimum Gasteiger partial charge on any atom is -0.382 e. The quantitative estimate of drug-likeness (QED) is 0.787. The number of hydrogen-bond donors (Lipinski definition) is 1. The van der Waals surface area contributed by atoms with Crippen molar-refractivity contribution in [2.75, 3.05) is 5.32 Å². The van der Waals surface area contributed by atoms with Crippen molar-refractivity contribution in [1.29, 1.82) is 0 Å². The van der Waals surface area contributed by atoms with Gasteiger partial charge >= 0.3 is 0 Å². The van der Waals surface area contributed by atoms with Gasteiger partial charge in [-0.2, -0.15) is 0 Å². The second-order valence-electron chi connectivity index (χ2n) is 6.26. The third-order valence-corrected chi connectivity index (χ3v) is 4.25. The molecule has 0 aliphatic heterocycles. The Bertz CT molecular complexity index is 431. The Hall–Kier alpha value is -0.760. The molecule has 2 atom stereocenters. The lowest BCUT2D eigenvalue weighted by Crippen LogP contribution is -2.36. The Morgan fingerprint density at radius 1 is 1.39 bits per heavy atom. The molecule has 0 spiro atoms. The molecule has 1 aliphatic carbocycles. The van der Waals surface area contributed by atoms with Crippen molar-refractivity contribution in [1.82, 2.24) is 0 Å². The predicted molar refractivity (Wildman–Crippen MR) is 75.6 cm³/mol. The molecule has 0 bridgehead atoms. The van der Waals surface area contributed by atoms with Gasteiger partial charge in [0.15, 0.2) is 0 Å². The summed E-state index contributed by atoms with van der Waals surface area (Å²) < 4.78 is 13.1. The zero-order valence-electron chi connectivity index (χ0n) is 11.3. The van der Waals surface area contributed by atoms with E-state index in [9.17, 15) is 4.39 Å². The molecule has 2 rings (SSSR count). The molecule has 3 heteroatoms. The van der Waals surface area contributed by atoms with Crippen LogP contribution in [-0.2, 0) is 0 Å². The molecule has 0 saturated heterocycles. The monoisotopic (exact) mass is 269 g/mol. The SMILES string of the molecule is CC1CC(C)(C)CCC1Nc1ccc(F)c(Cl)c1. The minimum atomic E-state index is -0.361. The maximum Gasteiger partial charge on any atom is 0.141 e. The topological polar surface area (TPSA) is 12.0 Å². The van der Waals surface area contributed by atoms with E-state index in [0.29, 0.717) is 17.4 Å². The third-order valence-electron chi connectivity index (χ3n) is 3.97. The number of rotatable bonds is 2. The van der Waals surface area contributed by atoms with E-state index in [0.717, 1.165) is 12.1 Å². The lowest BCUT2D eigenvalue weighted by molar-refractivity contribution is 0.177. The van der Waals surface area contributed by atoms with Crippen LogP contribution >= 0.6 is 11.6 Å². The average Bonchev–Trinajstić information content (AvgIpc) is 2.27. The summed E-state index contributed by atoms with van der Waals surface area (Å²) in [4.78, 5) is 0. The maximum absolute atomic E-state index is 13.1. The van der Waals surface area contributed by atoms with Crippen LogP contribution in [0.3, 0.4) is 0 Å². The largest absolute Gasteiger partial charge is 0.382 e. The van der Waals surface area contributed by atoms with Crippen molar-refractivity contribution in [3.63, 3.8) is 0 Å². The van der Waals surface area contributed by atoms with Gasteiger partial charge in [0.25, 0.3) is 0 Å². The number of benzene rings is 1. The molecule has 2 unspecified atom stereocenters. The lowest BCUT2D eigenvalue weighted by atomic mass is 9.70. The Kier molecular flexibility index (Phi) is 3.86. The fourth-order valence-corrected chi connectivity index (χ4v) is 3.14. The van der Waals surface area contributed by atoms with Crippen molar-refractivity contribution in [3.05, 3.63) is 29.0 Å². The van der Waals surface area contributed by atoms with Crippen molar-refractivity contribution < 1.29 is 4.39 Å². The lowest BCUT2D eigenvalue weighted by Gasteiger charge is -2.40. The summed E-state index contributed by atoms with van der Waals surface area (Å²) in [6.07, 6.45) is 3.60. The molecule has 1 aromatic carbocycles. The first-order chi connectivity index (χ1) is 8.37. The zero-order valence-corrected chi connectivity index (χ0v) is 12.0. The Morgan fingerprint density at radius 2 is 2.11 bits per heavy atom. The highest BCUT2D eigenvalue weighted by Crippen LogP contribution is 2.39. The highest BCUT2D eigenvalue weighted by molar-refractivity contribution is 6.31. The molecule has 1 N–H and O–H groups in total. The van der Waals surface area contributed by atoms with Gasteiger partial charge in [-0.3, -0.25) is 0 Å². The van der Waals surface area contributed by atoms with E-state index >= 15 is 0 Å². The molecule has 1 aromatic rings. The van der Waals surface area contributed by atoms with E-state index in [2.05, 4.69) is 26.1 Å². The summed E-state index contributed by atoms with van der Waals surface area (Å²) in [5.41, 5.74) is 1.36. The van der Waals surface area contributed by atoms with E-state index in [1.807, 2.05) is 0 Å². The third kappa shape index (κ3) is 3.17. The maximum atomic E-state index is 13.1. The van der Waals surface area contributed by atoms with Gasteiger partial charge in [0.05, 0.1) is 5.02 Å². The summed E-state index contributed by atoms with van der Waals surface area (Å²) in [7, 11) is 0. The van der Waals surface area contributed by atoms with Gasteiger partial charge < -0.3 is 5.32 Å². The van der Waals surface area contributed by atoms with Crippen molar-refractivity contribution >= 4 is 17.3 Å². The van der Waals surface area contributed by atoms with Crippen LogP contribution in [0, 0.1) is 17.2 Å². The highest BCUT2D eigenvalue weighted by Gasteiger charge is 2.32. The summed E-state index contributed by atoms with van der Waals surface area (Å²) in [5.74, 6) is 0.262. The van der Waals surface area contributed by atoms with Crippen LogP contribution in [0.2, 0.25) is 5.02 Å².